The zero-order valence-electron chi connectivity index (χ0n) is 7.40. The molecule has 1 aromatic rings. The predicted molar refractivity (Wildman–Crippen MR) is 49.6 cm³/mol. The van der Waals surface area contributed by atoms with Crippen molar-refractivity contribution in [1.82, 2.24) is 0 Å². The Bertz CT molecular complexity index is 404. The molecule has 0 aliphatic carbocycles. The van der Waals surface area contributed by atoms with Crippen LogP contribution in [0.5, 0.6) is 0 Å². The van der Waals surface area contributed by atoms with Crippen molar-refractivity contribution in [2.45, 2.75) is 6.42 Å². The summed E-state index contributed by atoms with van der Waals surface area (Å²) in [6.07, 6.45) is 1.70. The molecule has 0 spiro atoms. The Morgan fingerprint density at radius 2 is 1.93 bits per heavy atom. The quantitative estimate of drug-likeness (QED) is 0.524. The van der Waals surface area contributed by atoms with E-state index in [4.69, 9.17) is 4.74 Å². The third kappa shape index (κ3) is 1.57. The molecule has 0 atom stereocenters. The molecule has 0 aromatic heterocycles. The van der Waals surface area contributed by atoms with Gasteiger partial charge in [0.1, 0.15) is 0 Å². The van der Waals surface area contributed by atoms with Crippen LogP contribution in [-0.2, 0) is 9.53 Å². The third-order valence-electron chi connectivity index (χ3n) is 1.94. The van der Waals surface area contributed by atoms with Gasteiger partial charge in [0, 0.05) is 5.56 Å². The Hall–Kier alpha value is -1.90. The molecule has 1 aliphatic heterocycles. The minimum atomic E-state index is -0.371. The first-order chi connectivity index (χ1) is 6.77. The number of hydrogen-bond donors (Lipinski definition) is 0. The highest BCUT2D eigenvalue weighted by Crippen LogP contribution is 2.16. The SMILES string of the molecule is O=C1CC=C(C(=O)c2ccccc2)O1. The van der Waals surface area contributed by atoms with Crippen LogP contribution in [0.15, 0.2) is 42.2 Å². The number of carbonyl (C=O) groups is 2. The van der Waals surface area contributed by atoms with E-state index >= 15 is 0 Å². The van der Waals surface area contributed by atoms with Gasteiger partial charge in [0.15, 0.2) is 5.76 Å². The first-order valence-corrected chi connectivity index (χ1v) is 4.28. The van der Waals surface area contributed by atoms with Crippen molar-refractivity contribution in [2.24, 2.45) is 0 Å². The number of benzene rings is 1. The molecule has 3 heteroatoms. The number of Topliss-reactive ketones (excluding diaryl/α,β-unsaturated/α-hetero) is 1. The normalized spacial score (nSPS) is 14.9. The van der Waals surface area contributed by atoms with Gasteiger partial charge in [0.05, 0.1) is 6.42 Å². The maximum atomic E-state index is 11.6. The molecule has 0 saturated heterocycles. The molecule has 0 bridgehead atoms. The minimum absolute atomic E-state index is 0.140. The van der Waals surface area contributed by atoms with Gasteiger partial charge in [0.25, 0.3) is 0 Å². The van der Waals surface area contributed by atoms with Crippen LogP contribution in [-0.4, -0.2) is 11.8 Å². The maximum Gasteiger partial charge on any atom is 0.315 e. The molecule has 0 saturated carbocycles. The van der Waals surface area contributed by atoms with Crippen LogP contribution in [0.2, 0.25) is 0 Å². The zero-order chi connectivity index (χ0) is 9.97. The van der Waals surface area contributed by atoms with Crippen LogP contribution in [0.4, 0.5) is 0 Å². The highest BCUT2D eigenvalue weighted by Gasteiger charge is 2.21. The van der Waals surface area contributed by atoms with Gasteiger partial charge in [-0.15, -0.1) is 0 Å². The first kappa shape index (κ1) is 8.69. The predicted octanol–water partition coefficient (Wildman–Crippen LogP) is 1.70. The summed E-state index contributed by atoms with van der Waals surface area (Å²) >= 11 is 0. The van der Waals surface area contributed by atoms with Crippen LogP contribution in [0, 0.1) is 0 Å². The van der Waals surface area contributed by atoms with E-state index in [2.05, 4.69) is 0 Å². The Kier molecular flexibility index (Phi) is 2.14. The van der Waals surface area contributed by atoms with Gasteiger partial charge in [0.2, 0.25) is 5.78 Å². The number of carbonyl (C=O) groups excluding carboxylic acids is 2. The lowest BCUT2D eigenvalue weighted by molar-refractivity contribution is -0.136. The molecule has 70 valence electrons. The summed E-state index contributed by atoms with van der Waals surface area (Å²) in [7, 11) is 0. The van der Waals surface area contributed by atoms with Crippen LogP contribution in [0.1, 0.15) is 16.8 Å². The number of rotatable bonds is 2. The van der Waals surface area contributed by atoms with Gasteiger partial charge in [-0.3, -0.25) is 9.59 Å². The average Bonchev–Trinajstić information content (AvgIpc) is 2.65. The summed E-state index contributed by atoms with van der Waals surface area (Å²) in [6, 6.07) is 8.74. The molecule has 0 radical (unpaired) electrons. The van der Waals surface area contributed by atoms with E-state index in [-0.39, 0.29) is 23.9 Å². The highest BCUT2D eigenvalue weighted by atomic mass is 16.5. The van der Waals surface area contributed by atoms with Gasteiger partial charge >= 0.3 is 5.97 Å². The van der Waals surface area contributed by atoms with Gasteiger partial charge in [-0.2, -0.15) is 0 Å². The number of hydrogen-bond acceptors (Lipinski definition) is 3. The lowest BCUT2D eigenvalue weighted by atomic mass is 10.1. The topological polar surface area (TPSA) is 43.4 Å². The minimum Gasteiger partial charge on any atom is -0.422 e. The lowest BCUT2D eigenvalue weighted by Crippen LogP contribution is -2.05. The Morgan fingerprint density at radius 1 is 1.21 bits per heavy atom. The number of cyclic esters (lactones) is 1. The fourth-order valence-corrected chi connectivity index (χ4v) is 1.25. The molecule has 2 rings (SSSR count). The van der Waals surface area contributed by atoms with E-state index in [1.807, 2.05) is 6.07 Å². The van der Waals surface area contributed by atoms with Gasteiger partial charge in [-0.1, -0.05) is 30.3 Å². The van der Waals surface area contributed by atoms with Crippen LogP contribution in [0.3, 0.4) is 0 Å². The largest absolute Gasteiger partial charge is 0.422 e. The van der Waals surface area contributed by atoms with E-state index in [0.717, 1.165) is 0 Å². The number of ether oxygens (including phenoxy) is 1. The monoisotopic (exact) mass is 188 g/mol. The number of esters is 1. The van der Waals surface area contributed by atoms with Crippen LogP contribution in [0.25, 0.3) is 0 Å². The summed E-state index contributed by atoms with van der Waals surface area (Å²) in [4.78, 5) is 22.4. The molecule has 0 fully saturated rings. The second-order valence-corrected chi connectivity index (χ2v) is 2.94. The van der Waals surface area contributed by atoms with Crippen molar-refractivity contribution in [3.8, 4) is 0 Å². The summed E-state index contributed by atoms with van der Waals surface area (Å²) in [5.41, 5.74) is 0.536. The van der Waals surface area contributed by atoms with Gasteiger partial charge < -0.3 is 4.74 Å². The third-order valence-corrected chi connectivity index (χ3v) is 1.94. The Balaban J connectivity index is 2.22. The molecule has 0 N–H and O–H groups in total. The van der Waals surface area contributed by atoms with Crippen molar-refractivity contribution >= 4 is 11.8 Å². The smallest absolute Gasteiger partial charge is 0.315 e. The number of allylic oxidation sites excluding steroid dienone is 1. The molecule has 1 aliphatic rings. The Labute approximate surface area is 81.0 Å². The summed E-state index contributed by atoms with van der Waals surface area (Å²) in [5, 5.41) is 0. The van der Waals surface area contributed by atoms with E-state index in [1.54, 1.807) is 24.3 Å². The van der Waals surface area contributed by atoms with Crippen molar-refractivity contribution in [3.05, 3.63) is 47.7 Å². The molecule has 3 nitrogen and oxygen atoms in total. The van der Waals surface area contributed by atoms with E-state index < -0.39 is 0 Å². The second kappa shape index (κ2) is 3.46. The van der Waals surface area contributed by atoms with Crippen molar-refractivity contribution < 1.29 is 14.3 Å². The second-order valence-electron chi connectivity index (χ2n) is 2.94. The molecular weight excluding hydrogens is 180 g/mol. The van der Waals surface area contributed by atoms with Crippen molar-refractivity contribution in [3.63, 3.8) is 0 Å². The van der Waals surface area contributed by atoms with Crippen molar-refractivity contribution in [2.75, 3.05) is 0 Å². The molecule has 1 heterocycles. The molecular formula is C11H8O3. The van der Waals surface area contributed by atoms with E-state index in [1.165, 1.54) is 6.08 Å². The summed E-state index contributed by atoms with van der Waals surface area (Å²) in [6.45, 7) is 0. The molecule has 14 heavy (non-hydrogen) atoms. The Morgan fingerprint density at radius 3 is 2.50 bits per heavy atom. The average molecular weight is 188 g/mol. The van der Waals surface area contributed by atoms with Crippen molar-refractivity contribution in [1.29, 1.82) is 0 Å². The lowest BCUT2D eigenvalue weighted by Gasteiger charge is -2.00. The van der Waals surface area contributed by atoms with E-state index in [9.17, 15) is 9.59 Å². The standard InChI is InChI=1S/C11H8O3/c12-10-7-6-9(14-10)11(13)8-4-2-1-3-5-8/h1-6H,7H2. The zero-order valence-corrected chi connectivity index (χ0v) is 7.40. The summed E-state index contributed by atoms with van der Waals surface area (Å²) < 4.78 is 4.75. The van der Waals surface area contributed by atoms with Crippen LogP contribution < -0.4 is 0 Å². The van der Waals surface area contributed by atoms with Gasteiger partial charge in [-0.25, -0.2) is 0 Å². The molecule has 1 aromatic carbocycles. The molecule has 0 unspecified atom stereocenters. The van der Waals surface area contributed by atoms with Gasteiger partial charge in [-0.05, 0) is 6.08 Å². The fraction of sp³-hybridized carbons (Fsp3) is 0.0909. The number of ketones is 1. The van der Waals surface area contributed by atoms with Crippen LogP contribution >= 0.6 is 0 Å². The molecule has 0 amide bonds. The first-order valence-electron chi connectivity index (χ1n) is 4.28. The fourth-order valence-electron chi connectivity index (χ4n) is 1.25. The highest BCUT2D eigenvalue weighted by molar-refractivity contribution is 6.09. The maximum absolute atomic E-state index is 11.6. The van der Waals surface area contributed by atoms with E-state index in [0.29, 0.717) is 5.56 Å². The summed E-state index contributed by atoms with van der Waals surface area (Å²) in [5.74, 6) is -0.470.